The van der Waals surface area contributed by atoms with E-state index in [0.29, 0.717) is 12.1 Å². The molecule has 0 saturated carbocycles. The van der Waals surface area contributed by atoms with Gasteiger partial charge in [-0.2, -0.15) is 46.5 Å². The normalized spacial score (nSPS) is 12.3. The molecule has 9 nitrogen and oxygen atoms in total. The Balaban J connectivity index is 1.98. The van der Waals surface area contributed by atoms with Crippen LogP contribution in [0.15, 0.2) is 47.7 Å². The minimum absolute atomic E-state index is 0.0114. The number of pyridine rings is 1. The molecule has 0 spiro atoms. The molecule has 2 aliphatic carbocycles. The van der Waals surface area contributed by atoms with Crippen molar-refractivity contribution in [3.05, 3.63) is 110 Å². The fourth-order valence-corrected chi connectivity index (χ4v) is 5.33. The van der Waals surface area contributed by atoms with Crippen molar-refractivity contribution in [2.45, 2.75) is 0 Å². The van der Waals surface area contributed by atoms with Gasteiger partial charge in [-0.05, 0) is 35.4 Å². The third-order valence-corrected chi connectivity index (χ3v) is 7.11. The van der Waals surface area contributed by atoms with E-state index in [1.807, 2.05) is 18.2 Å². The van der Waals surface area contributed by atoms with Gasteiger partial charge in [0.15, 0.2) is 0 Å². The van der Waals surface area contributed by atoms with Crippen molar-refractivity contribution < 1.29 is 13.2 Å². The SMILES string of the molecule is N#CC(C#N)=C1C(c2cc(F)c(C#N)cc2F)=C(C#N)c2cc3c(cc21)C(=C(C#N)C#N)C(c1cc(F)ncc1C#N)=C3C#N. The third kappa shape index (κ3) is 4.15. The first-order valence-electron chi connectivity index (χ1n) is 12.3. The van der Waals surface area contributed by atoms with Gasteiger partial charge in [0.25, 0.3) is 0 Å². The highest BCUT2D eigenvalue weighted by Crippen LogP contribution is 2.54. The van der Waals surface area contributed by atoms with E-state index in [-0.39, 0.29) is 66.8 Å². The van der Waals surface area contributed by atoms with Crippen LogP contribution in [0, 0.1) is 108 Å². The fourth-order valence-electron chi connectivity index (χ4n) is 5.33. The second-order valence-corrected chi connectivity index (χ2v) is 9.20. The summed E-state index contributed by atoms with van der Waals surface area (Å²) in [5, 5.41) is 78.8. The van der Waals surface area contributed by atoms with Gasteiger partial charge in [0.2, 0.25) is 5.95 Å². The van der Waals surface area contributed by atoms with Crippen molar-refractivity contribution >= 4 is 33.4 Å². The molecule has 0 amide bonds. The van der Waals surface area contributed by atoms with Crippen LogP contribution in [0.2, 0.25) is 0 Å². The zero-order chi connectivity index (χ0) is 32.6. The summed E-state index contributed by atoms with van der Waals surface area (Å²) in [6.07, 6.45) is 0.909. The minimum atomic E-state index is -1.14. The molecule has 2 aromatic carbocycles. The van der Waals surface area contributed by atoms with Crippen LogP contribution in [0.3, 0.4) is 0 Å². The lowest BCUT2D eigenvalue weighted by atomic mass is 9.88. The molecular formula is C33H6F3N9. The Labute approximate surface area is 251 Å². The first-order chi connectivity index (χ1) is 21.7. The van der Waals surface area contributed by atoms with Gasteiger partial charge in [-0.3, -0.25) is 0 Å². The summed E-state index contributed by atoms with van der Waals surface area (Å²) in [5.41, 5.74) is -4.19. The maximum Gasteiger partial charge on any atom is 0.213 e. The minimum Gasteiger partial charge on any atom is -0.227 e. The van der Waals surface area contributed by atoms with E-state index in [4.69, 9.17) is 5.26 Å². The molecule has 2 aliphatic rings. The molecule has 0 atom stereocenters. The molecule has 0 radical (unpaired) electrons. The van der Waals surface area contributed by atoms with Crippen LogP contribution in [-0.2, 0) is 0 Å². The van der Waals surface area contributed by atoms with E-state index in [1.54, 1.807) is 24.3 Å². The fraction of sp³-hybridized carbons (Fsp3) is 0. The first kappa shape index (κ1) is 28.8. The van der Waals surface area contributed by atoms with Crippen LogP contribution in [0.4, 0.5) is 13.2 Å². The molecule has 12 heteroatoms. The average Bonchev–Trinajstić information content (AvgIpc) is 3.53. The van der Waals surface area contributed by atoms with Gasteiger partial charge >= 0.3 is 0 Å². The van der Waals surface area contributed by atoms with E-state index in [9.17, 15) is 45.6 Å². The van der Waals surface area contributed by atoms with Gasteiger partial charge in [0.1, 0.15) is 71.3 Å². The molecule has 0 saturated heterocycles. The molecular weight excluding hydrogens is 579 g/mol. The third-order valence-electron chi connectivity index (χ3n) is 7.11. The van der Waals surface area contributed by atoms with Gasteiger partial charge < -0.3 is 0 Å². The van der Waals surface area contributed by atoms with Gasteiger partial charge in [-0.15, -0.1) is 0 Å². The maximum atomic E-state index is 15.4. The van der Waals surface area contributed by atoms with Gasteiger partial charge in [0, 0.05) is 56.8 Å². The zero-order valence-electron chi connectivity index (χ0n) is 22.1. The molecule has 204 valence electrons. The Morgan fingerprint density at radius 3 is 1.44 bits per heavy atom. The Kier molecular flexibility index (Phi) is 6.98. The lowest BCUT2D eigenvalue weighted by Gasteiger charge is -2.12. The van der Waals surface area contributed by atoms with E-state index in [1.165, 1.54) is 18.2 Å². The number of halogens is 3. The van der Waals surface area contributed by atoms with Crippen molar-refractivity contribution in [1.82, 2.24) is 4.98 Å². The molecule has 0 bridgehead atoms. The van der Waals surface area contributed by atoms with Crippen LogP contribution in [-0.4, -0.2) is 4.98 Å². The lowest BCUT2D eigenvalue weighted by Crippen LogP contribution is -1.99. The smallest absolute Gasteiger partial charge is 0.213 e. The monoisotopic (exact) mass is 585 g/mol. The van der Waals surface area contributed by atoms with E-state index < -0.39 is 39.9 Å². The second-order valence-electron chi connectivity index (χ2n) is 9.20. The predicted molar refractivity (Wildman–Crippen MR) is 148 cm³/mol. The van der Waals surface area contributed by atoms with E-state index >= 15 is 4.39 Å². The van der Waals surface area contributed by atoms with Gasteiger partial charge in [-0.25, -0.2) is 13.8 Å². The van der Waals surface area contributed by atoms with Crippen molar-refractivity contribution in [3.63, 3.8) is 0 Å². The van der Waals surface area contributed by atoms with Crippen molar-refractivity contribution in [1.29, 1.82) is 42.1 Å². The van der Waals surface area contributed by atoms with Gasteiger partial charge in [0.05, 0.1) is 22.3 Å². The number of allylic oxidation sites excluding steroid dienone is 8. The quantitative estimate of drug-likeness (QED) is 0.265. The molecule has 1 aromatic heterocycles. The number of benzene rings is 2. The summed E-state index contributed by atoms with van der Waals surface area (Å²) < 4.78 is 44.4. The van der Waals surface area contributed by atoms with Crippen molar-refractivity contribution in [2.24, 2.45) is 0 Å². The van der Waals surface area contributed by atoms with E-state index in [2.05, 4.69) is 4.98 Å². The molecule has 1 heterocycles. The highest BCUT2D eigenvalue weighted by Gasteiger charge is 2.38. The summed E-state index contributed by atoms with van der Waals surface area (Å²) in [6, 6.07) is 18.6. The summed E-state index contributed by atoms with van der Waals surface area (Å²) in [4.78, 5) is 3.45. The summed E-state index contributed by atoms with van der Waals surface area (Å²) in [5.74, 6) is -3.30. The van der Waals surface area contributed by atoms with Crippen LogP contribution in [0.25, 0.3) is 33.4 Å². The van der Waals surface area contributed by atoms with E-state index in [0.717, 1.165) is 12.3 Å². The van der Waals surface area contributed by atoms with Crippen LogP contribution in [0.1, 0.15) is 44.5 Å². The molecule has 0 N–H and O–H groups in total. The maximum absolute atomic E-state index is 15.4. The number of nitrogens with zero attached hydrogens (tertiary/aromatic N) is 9. The van der Waals surface area contributed by atoms with Crippen LogP contribution in [0.5, 0.6) is 0 Å². The molecule has 0 fully saturated rings. The Morgan fingerprint density at radius 2 is 0.978 bits per heavy atom. The number of nitriles is 8. The largest absolute Gasteiger partial charge is 0.227 e. The summed E-state index contributed by atoms with van der Waals surface area (Å²) in [7, 11) is 0. The summed E-state index contributed by atoms with van der Waals surface area (Å²) in [6.45, 7) is 0. The van der Waals surface area contributed by atoms with Gasteiger partial charge in [-0.1, -0.05) is 0 Å². The molecule has 0 unspecified atom stereocenters. The second kappa shape index (κ2) is 10.9. The highest BCUT2D eigenvalue weighted by molar-refractivity contribution is 6.30. The van der Waals surface area contributed by atoms with Crippen molar-refractivity contribution in [3.8, 4) is 48.6 Å². The number of rotatable bonds is 2. The van der Waals surface area contributed by atoms with Crippen LogP contribution >= 0.6 is 0 Å². The Hall–Kier alpha value is -7.74. The molecule has 45 heavy (non-hydrogen) atoms. The zero-order valence-corrected chi connectivity index (χ0v) is 22.1. The lowest BCUT2D eigenvalue weighted by molar-refractivity contribution is 0.583. The summed E-state index contributed by atoms with van der Waals surface area (Å²) >= 11 is 0. The topological polar surface area (TPSA) is 203 Å². The number of aromatic nitrogens is 1. The standard InChI is InChI=1S/C33H6F3N9/c34-27-4-24(28(35)1-15(27)6-37)33-26(13-44)21-2-20-22(3-23(21)31(33)17(9-40)10-41)30(16(7-38)8-39)32(25(20)12-43)19-5-29(36)45-14-18(19)11-42/h1-5,14H. The first-order valence-corrected chi connectivity index (χ1v) is 12.3. The average molecular weight is 585 g/mol. The number of hydrogen-bond acceptors (Lipinski definition) is 9. The van der Waals surface area contributed by atoms with Crippen molar-refractivity contribution in [2.75, 3.05) is 0 Å². The Bertz CT molecular complexity index is 2410. The Morgan fingerprint density at radius 1 is 0.489 bits per heavy atom. The number of fused-ring (bicyclic) bond motifs is 2. The highest BCUT2D eigenvalue weighted by atomic mass is 19.1. The molecule has 0 aliphatic heterocycles. The molecule has 5 rings (SSSR count). The number of hydrogen-bond donors (Lipinski definition) is 0. The predicted octanol–water partition coefficient (Wildman–Crippen LogP) is 5.74. The molecule has 3 aromatic rings. The van der Waals surface area contributed by atoms with Crippen LogP contribution < -0.4 is 0 Å².